The third-order valence-corrected chi connectivity index (χ3v) is 5.81. The number of benzene rings is 1. The summed E-state index contributed by atoms with van der Waals surface area (Å²) in [6, 6.07) is 5.36. The molecule has 1 saturated heterocycles. The highest BCUT2D eigenvalue weighted by Crippen LogP contribution is 2.57. The number of carbonyl (C=O) groups is 2. The minimum atomic E-state index is -0.248. The lowest BCUT2D eigenvalue weighted by Crippen LogP contribution is -2.33. The fourth-order valence-electron chi connectivity index (χ4n) is 4.41. The molecule has 23 heavy (non-hydrogen) atoms. The first kappa shape index (κ1) is 14.7. The lowest BCUT2D eigenvalue weighted by molar-refractivity contribution is -0.122. The van der Waals surface area contributed by atoms with Crippen LogP contribution in [-0.4, -0.2) is 11.8 Å². The maximum atomic E-state index is 13.0. The fourth-order valence-corrected chi connectivity index (χ4v) is 4.58. The molecule has 0 radical (unpaired) electrons. The van der Waals surface area contributed by atoms with Crippen LogP contribution < -0.4 is 4.90 Å². The summed E-state index contributed by atoms with van der Waals surface area (Å²) in [7, 11) is 0. The van der Waals surface area contributed by atoms with Gasteiger partial charge in [0, 0.05) is 16.9 Å². The van der Waals surface area contributed by atoms with Crippen molar-refractivity contribution in [2.75, 3.05) is 4.90 Å². The molecule has 0 aromatic heterocycles. The molecule has 0 unspecified atom stereocenters. The van der Waals surface area contributed by atoms with Crippen molar-refractivity contribution in [2.45, 2.75) is 20.8 Å². The Kier molecular flexibility index (Phi) is 3.08. The third-order valence-electron chi connectivity index (χ3n) is 5.41. The highest BCUT2D eigenvalue weighted by molar-refractivity contribution is 6.32. The van der Waals surface area contributed by atoms with E-state index in [1.807, 2.05) is 13.0 Å². The number of imide groups is 1. The molecule has 1 heterocycles. The Hall–Kier alpha value is -1.87. The molecule has 1 aromatic rings. The van der Waals surface area contributed by atoms with Crippen molar-refractivity contribution in [3.8, 4) is 0 Å². The Morgan fingerprint density at radius 1 is 1.04 bits per heavy atom. The van der Waals surface area contributed by atoms with Crippen molar-refractivity contribution >= 4 is 29.1 Å². The maximum Gasteiger partial charge on any atom is 0.238 e. The molecular weight excluding hydrogens is 310 g/mol. The predicted molar refractivity (Wildman–Crippen MR) is 90.2 cm³/mol. The minimum Gasteiger partial charge on any atom is -0.274 e. The van der Waals surface area contributed by atoms with E-state index in [4.69, 9.17) is 11.6 Å². The summed E-state index contributed by atoms with van der Waals surface area (Å²) in [6.45, 7) is 6.03. The zero-order chi connectivity index (χ0) is 16.5. The fraction of sp³-hybridized carbons (Fsp3) is 0.368. The average molecular weight is 328 g/mol. The number of carbonyl (C=O) groups excluding carboxylic acids is 2. The lowest BCUT2D eigenvalue weighted by Gasteiger charge is -2.19. The van der Waals surface area contributed by atoms with Gasteiger partial charge in [-0.15, -0.1) is 0 Å². The van der Waals surface area contributed by atoms with E-state index in [9.17, 15) is 9.59 Å². The van der Waals surface area contributed by atoms with Crippen molar-refractivity contribution in [1.82, 2.24) is 0 Å². The molecule has 1 aliphatic heterocycles. The van der Waals surface area contributed by atoms with Gasteiger partial charge in [-0.1, -0.05) is 41.0 Å². The average Bonchev–Trinajstić information content (AvgIpc) is 3.13. The van der Waals surface area contributed by atoms with Gasteiger partial charge in [0.25, 0.3) is 0 Å². The molecule has 4 rings (SSSR count). The molecule has 2 amide bonds. The number of fused-ring (bicyclic) bond motifs is 5. The second-order valence-electron chi connectivity index (χ2n) is 6.89. The van der Waals surface area contributed by atoms with Crippen LogP contribution in [0, 0.1) is 30.6 Å². The van der Waals surface area contributed by atoms with Crippen LogP contribution in [0.25, 0.3) is 0 Å². The Morgan fingerprint density at radius 3 is 2.09 bits per heavy atom. The number of anilines is 1. The summed E-state index contributed by atoms with van der Waals surface area (Å²) in [6.07, 6.45) is 4.20. The maximum absolute atomic E-state index is 13.0. The lowest BCUT2D eigenvalue weighted by atomic mass is 9.85. The molecule has 3 nitrogen and oxygen atoms in total. The van der Waals surface area contributed by atoms with Gasteiger partial charge >= 0.3 is 0 Å². The number of halogens is 1. The molecule has 118 valence electrons. The van der Waals surface area contributed by atoms with E-state index >= 15 is 0 Å². The molecule has 4 heteroatoms. The van der Waals surface area contributed by atoms with Crippen molar-refractivity contribution in [3.05, 3.63) is 52.1 Å². The highest BCUT2D eigenvalue weighted by atomic mass is 35.5. The first-order valence-corrected chi connectivity index (χ1v) is 8.29. The molecule has 4 atom stereocenters. The van der Waals surface area contributed by atoms with Crippen LogP contribution >= 0.6 is 11.6 Å². The summed E-state index contributed by atoms with van der Waals surface area (Å²) in [5, 5.41) is 0.575. The minimum absolute atomic E-state index is 0.0809. The summed E-state index contributed by atoms with van der Waals surface area (Å²) in [4.78, 5) is 27.3. The molecule has 2 fully saturated rings. The van der Waals surface area contributed by atoms with Crippen molar-refractivity contribution in [3.63, 3.8) is 0 Å². The van der Waals surface area contributed by atoms with Gasteiger partial charge in [-0.3, -0.25) is 9.59 Å². The van der Waals surface area contributed by atoms with E-state index in [-0.39, 0.29) is 35.5 Å². The van der Waals surface area contributed by atoms with Crippen LogP contribution in [0.3, 0.4) is 0 Å². The van der Waals surface area contributed by atoms with Gasteiger partial charge < -0.3 is 0 Å². The number of amides is 2. The number of hydrogen-bond acceptors (Lipinski definition) is 2. The zero-order valence-electron chi connectivity index (χ0n) is 13.3. The zero-order valence-corrected chi connectivity index (χ0v) is 14.1. The van der Waals surface area contributed by atoms with E-state index in [0.717, 1.165) is 5.56 Å². The number of aryl methyl sites for hydroxylation is 1. The number of nitrogens with zero attached hydrogens (tertiary/aromatic N) is 1. The van der Waals surface area contributed by atoms with Crippen LogP contribution in [0.5, 0.6) is 0 Å². The number of hydrogen-bond donors (Lipinski definition) is 0. The summed E-state index contributed by atoms with van der Waals surface area (Å²) in [5.74, 6) is -0.509. The van der Waals surface area contributed by atoms with E-state index in [2.05, 4.69) is 26.0 Å². The smallest absolute Gasteiger partial charge is 0.238 e. The van der Waals surface area contributed by atoms with E-state index in [0.29, 0.717) is 10.7 Å². The number of allylic oxidation sites excluding steroid dienone is 4. The third kappa shape index (κ3) is 1.83. The molecule has 2 aliphatic carbocycles. The van der Waals surface area contributed by atoms with Gasteiger partial charge in [0.2, 0.25) is 11.8 Å². The van der Waals surface area contributed by atoms with Crippen molar-refractivity contribution < 1.29 is 9.59 Å². The molecule has 3 aliphatic rings. The van der Waals surface area contributed by atoms with E-state index in [1.54, 1.807) is 12.1 Å². The first-order chi connectivity index (χ1) is 10.9. The van der Waals surface area contributed by atoms with Crippen LogP contribution in [0.2, 0.25) is 5.02 Å². The summed E-state index contributed by atoms with van der Waals surface area (Å²) >= 11 is 6.17. The van der Waals surface area contributed by atoms with Crippen molar-refractivity contribution in [2.24, 2.45) is 23.7 Å². The predicted octanol–water partition coefficient (Wildman–Crippen LogP) is 3.91. The summed E-state index contributed by atoms with van der Waals surface area (Å²) in [5.41, 5.74) is 4.01. The van der Waals surface area contributed by atoms with Crippen LogP contribution in [0.15, 0.2) is 41.5 Å². The van der Waals surface area contributed by atoms with Gasteiger partial charge in [-0.2, -0.15) is 0 Å². The SMILES string of the molecule is CC(C)=C1[C@H]2C=C[C@H]1[C@H]1C(=O)N(c3ccc(C)c(Cl)c3)C(=O)[C@H]12. The quantitative estimate of drug-likeness (QED) is 0.579. The Balaban J connectivity index is 1.77. The Morgan fingerprint density at radius 2 is 1.61 bits per heavy atom. The van der Waals surface area contributed by atoms with Gasteiger partial charge in [0.05, 0.1) is 17.5 Å². The van der Waals surface area contributed by atoms with E-state index < -0.39 is 0 Å². The van der Waals surface area contributed by atoms with Crippen LogP contribution in [0.1, 0.15) is 19.4 Å². The molecule has 0 N–H and O–H groups in total. The molecule has 1 saturated carbocycles. The second kappa shape index (κ2) is 4.81. The Labute approximate surface area is 140 Å². The standard InChI is InChI=1S/C19H18ClNO2/c1-9(2)15-12-6-7-13(15)17-16(12)18(22)21(19(17)23)11-5-4-10(3)14(20)8-11/h4-8,12-13,16-17H,1-3H3/t12-,13-,16-,17+/m1/s1. The van der Waals surface area contributed by atoms with Crippen molar-refractivity contribution in [1.29, 1.82) is 0 Å². The van der Waals surface area contributed by atoms with E-state index in [1.165, 1.54) is 16.0 Å². The van der Waals surface area contributed by atoms with Crippen LogP contribution in [0.4, 0.5) is 5.69 Å². The highest BCUT2D eigenvalue weighted by Gasteiger charge is 2.61. The molecule has 0 spiro atoms. The monoisotopic (exact) mass is 327 g/mol. The number of rotatable bonds is 1. The molecule has 2 bridgehead atoms. The van der Waals surface area contributed by atoms with Gasteiger partial charge in [0.15, 0.2) is 0 Å². The molecule has 1 aromatic carbocycles. The van der Waals surface area contributed by atoms with Crippen LogP contribution in [-0.2, 0) is 9.59 Å². The second-order valence-corrected chi connectivity index (χ2v) is 7.30. The van der Waals surface area contributed by atoms with Gasteiger partial charge in [0.1, 0.15) is 0 Å². The Bertz CT molecular complexity index is 770. The first-order valence-electron chi connectivity index (χ1n) is 7.91. The normalized spacial score (nSPS) is 31.3. The largest absolute Gasteiger partial charge is 0.274 e. The van der Waals surface area contributed by atoms with Gasteiger partial charge in [-0.25, -0.2) is 4.90 Å². The van der Waals surface area contributed by atoms with Gasteiger partial charge in [-0.05, 0) is 38.5 Å². The summed E-state index contributed by atoms with van der Waals surface area (Å²) < 4.78 is 0. The topological polar surface area (TPSA) is 37.4 Å². The molecular formula is C19H18ClNO2.